The highest BCUT2D eigenvalue weighted by Crippen LogP contribution is 2.19. The fourth-order valence-electron chi connectivity index (χ4n) is 2.18. The van der Waals surface area contributed by atoms with Gasteiger partial charge in [0.05, 0.1) is 0 Å². The number of nitrogens with zero attached hydrogens (tertiary/aromatic N) is 1. The second-order valence-corrected chi connectivity index (χ2v) is 4.93. The van der Waals surface area contributed by atoms with Gasteiger partial charge in [0.1, 0.15) is 19.5 Å². The lowest BCUT2D eigenvalue weighted by atomic mass is 10.0. The van der Waals surface area contributed by atoms with E-state index in [1.54, 1.807) is 12.1 Å². The van der Waals surface area contributed by atoms with Crippen LogP contribution >= 0.6 is 0 Å². The number of amides is 2. The zero-order valence-corrected chi connectivity index (χ0v) is 13.5. The lowest BCUT2D eigenvalue weighted by Gasteiger charge is -2.13. The van der Waals surface area contributed by atoms with E-state index in [1.807, 2.05) is 43.3 Å². The van der Waals surface area contributed by atoms with Crippen LogP contribution in [0.2, 0.25) is 0 Å². The van der Waals surface area contributed by atoms with Crippen molar-refractivity contribution in [3.8, 4) is 5.75 Å². The van der Waals surface area contributed by atoms with Crippen LogP contribution in [0.5, 0.6) is 5.75 Å². The molecule has 0 aliphatic rings. The minimum Gasteiger partial charge on any atom is -0.489 e. The van der Waals surface area contributed by atoms with Gasteiger partial charge in [-0.25, -0.2) is 0 Å². The predicted octanol–water partition coefficient (Wildman–Crippen LogP) is 2.20. The summed E-state index contributed by atoms with van der Waals surface area (Å²) < 4.78 is 5.83. The molecule has 0 spiro atoms. The first-order chi connectivity index (χ1) is 11.7. The number of carbonyl (C=O) groups is 2. The molecule has 0 aliphatic heterocycles. The molecular weight excluding hydrogens is 308 g/mol. The Labute approximate surface area is 140 Å². The molecule has 1 N–H and O–H groups in total. The van der Waals surface area contributed by atoms with Crippen LogP contribution in [0, 0.1) is 6.92 Å². The highest BCUT2D eigenvalue weighted by Gasteiger charge is 2.18. The maximum Gasteiger partial charge on any atom is 0.280 e. The Bertz CT molecular complexity index is 756. The highest BCUT2D eigenvalue weighted by molar-refractivity contribution is 6.46. The van der Waals surface area contributed by atoms with Crippen LogP contribution in [-0.2, 0) is 21.0 Å². The molecule has 2 aromatic rings. The fraction of sp³-hybridized carbons (Fsp3) is 0.167. The first-order valence-electron chi connectivity index (χ1n) is 7.29. The molecule has 0 unspecified atom stereocenters. The van der Waals surface area contributed by atoms with Gasteiger partial charge in [-0.3, -0.25) is 14.9 Å². The number of ether oxygens (including phenoxy) is 1. The average Bonchev–Trinajstić information content (AvgIpc) is 2.59. The minimum atomic E-state index is -0.643. The van der Waals surface area contributed by atoms with Crippen molar-refractivity contribution in [1.82, 2.24) is 5.32 Å². The number of benzene rings is 2. The molecule has 0 saturated heterocycles. The third kappa shape index (κ3) is 4.19. The lowest BCUT2D eigenvalue weighted by molar-refractivity contribution is -0.120. The first kappa shape index (κ1) is 17.2. The number of nitrogens with one attached hydrogen (secondary N) is 1. The number of imide groups is 1. The molecule has 2 rings (SSSR count). The van der Waals surface area contributed by atoms with Crippen molar-refractivity contribution >= 4 is 18.0 Å². The molecule has 2 amide bonds. The molecule has 124 valence electrons. The van der Waals surface area contributed by atoms with Gasteiger partial charge in [-0.05, 0) is 24.1 Å². The van der Waals surface area contributed by atoms with E-state index in [4.69, 9.17) is 9.57 Å². The summed E-state index contributed by atoms with van der Waals surface area (Å²) in [5.41, 5.74) is 2.30. The van der Waals surface area contributed by atoms with E-state index in [0.29, 0.717) is 12.0 Å². The van der Waals surface area contributed by atoms with Gasteiger partial charge in [-0.2, -0.15) is 0 Å². The SMILES string of the molecule is CO/N=C(/C(=O)NC=O)c1ccccc1COc1ccccc1C. The van der Waals surface area contributed by atoms with Gasteiger partial charge in [0.25, 0.3) is 5.91 Å². The van der Waals surface area contributed by atoms with E-state index in [-0.39, 0.29) is 12.3 Å². The second-order valence-electron chi connectivity index (χ2n) is 4.93. The maximum absolute atomic E-state index is 12.0. The van der Waals surface area contributed by atoms with Gasteiger partial charge in [-0.15, -0.1) is 0 Å². The molecular formula is C18H18N2O4. The summed E-state index contributed by atoms with van der Waals surface area (Å²) in [6.07, 6.45) is 0.306. The van der Waals surface area contributed by atoms with Crippen LogP contribution in [0.15, 0.2) is 53.7 Å². The van der Waals surface area contributed by atoms with Crippen molar-refractivity contribution in [2.45, 2.75) is 13.5 Å². The molecule has 0 atom stereocenters. The summed E-state index contributed by atoms with van der Waals surface area (Å²) in [6.45, 7) is 2.20. The fourth-order valence-corrected chi connectivity index (χ4v) is 2.18. The normalized spacial score (nSPS) is 10.8. The number of para-hydroxylation sites is 1. The van der Waals surface area contributed by atoms with Gasteiger partial charge in [0.2, 0.25) is 6.41 Å². The molecule has 0 radical (unpaired) electrons. The zero-order valence-electron chi connectivity index (χ0n) is 13.5. The molecule has 0 saturated carbocycles. The number of oxime groups is 1. The van der Waals surface area contributed by atoms with Crippen molar-refractivity contribution in [2.75, 3.05) is 7.11 Å². The second kappa shape index (κ2) is 8.47. The van der Waals surface area contributed by atoms with Crippen molar-refractivity contribution in [3.63, 3.8) is 0 Å². The Morgan fingerprint density at radius 2 is 1.88 bits per heavy atom. The van der Waals surface area contributed by atoms with Gasteiger partial charge < -0.3 is 9.57 Å². The summed E-state index contributed by atoms with van der Waals surface area (Å²) in [5.74, 6) is 0.116. The summed E-state index contributed by atoms with van der Waals surface area (Å²) in [4.78, 5) is 27.3. The molecule has 6 heteroatoms. The Morgan fingerprint density at radius 1 is 1.17 bits per heavy atom. The van der Waals surface area contributed by atoms with Crippen molar-refractivity contribution in [1.29, 1.82) is 0 Å². The molecule has 0 aromatic heterocycles. The van der Waals surface area contributed by atoms with Crippen molar-refractivity contribution < 1.29 is 19.2 Å². The molecule has 0 aliphatic carbocycles. The van der Waals surface area contributed by atoms with E-state index >= 15 is 0 Å². The largest absolute Gasteiger partial charge is 0.489 e. The average molecular weight is 326 g/mol. The molecule has 6 nitrogen and oxygen atoms in total. The number of rotatable bonds is 7. The van der Waals surface area contributed by atoms with Gasteiger partial charge in [-0.1, -0.05) is 47.6 Å². The summed E-state index contributed by atoms with van der Waals surface area (Å²) in [7, 11) is 1.33. The summed E-state index contributed by atoms with van der Waals surface area (Å²) >= 11 is 0. The number of hydrogen-bond donors (Lipinski definition) is 1. The van der Waals surface area contributed by atoms with E-state index in [2.05, 4.69) is 10.5 Å². The number of hydrogen-bond acceptors (Lipinski definition) is 5. The molecule has 0 fully saturated rings. The van der Waals surface area contributed by atoms with Crippen molar-refractivity contribution in [3.05, 3.63) is 65.2 Å². The van der Waals surface area contributed by atoms with E-state index < -0.39 is 5.91 Å². The van der Waals surface area contributed by atoms with Crippen LogP contribution in [0.1, 0.15) is 16.7 Å². The molecule has 24 heavy (non-hydrogen) atoms. The third-order valence-corrected chi connectivity index (χ3v) is 3.34. The topological polar surface area (TPSA) is 77.0 Å². The quantitative estimate of drug-likeness (QED) is 0.481. The molecule has 2 aromatic carbocycles. The van der Waals surface area contributed by atoms with Crippen LogP contribution < -0.4 is 10.1 Å². The Hall–Kier alpha value is -3.15. The number of aryl methyl sites for hydroxylation is 1. The summed E-state index contributed by atoms with van der Waals surface area (Å²) in [6, 6.07) is 14.8. The molecule has 0 bridgehead atoms. The van der Waals surface area contributed by atoms with E-state index in [9.17, 15) is 9.59 Å². The van der Waals surface area contributed by atoms with Crippen LogP contribution in [-0.4, -0.2) is 25.1 Å². The maximum atomic E-state index is 12.0. The molecule has 0 heterocycles. The first-order valence-corrected chi connectivity index (χ1v) is 7.29. The highest BCUT2D eigenvalue weighted by atomic mass is 16.6. The van der Waals surface area contributed by atoms with Gasteiger partial charge >= 0.3 is 0 Å². The Morgan fingerprint density at radius 3 is 2.58 bits per heavy atom. The Kier molecular flexibility index (Phi) is 6.08. The summed E-state index contributed by atoms with van der Waals surface area (Å²) in [5, 5.41) is 5.80. The standard InChI is InChI=1S/C18H18N2O4/c1-13-7-3-6-10-16(13)24-11-14-8-4-5-9-15(14)17(20-23-2)18(22)19-12-21/h3-10,12H,11H2,1-2H3,(H,19,21,22)/b20-17+. The minimum absolute atomic E-state index is 0.00795. The monoisotopic (exact) mass is 326 g/mol. The third-order valence-electron chi connectivity index (χ3n) is 3.34. The predicted molar refractivity (Wildman–Crippen MR) is 89.7 cm³/mol. The van der Waals surface area contributed by atoms with Crippen LogP contribution in [0.25, 0.3) is 0 Å². The van der Waals surface area contributed by atoms with Crippen molar-refractivity contribution in [2.24, 2.45) is 5.16 Å². The van der Waals surface area contributed by atoms with Gasteiger partial charge in [0.15, 0.2) is 5.71 Å². The van der Waals surface area contributed by atoms with E-state index in [1.165, 1.54) is 7.11 Å². The zero-order chi connectivity index (χ0) is 17.4. The number of carbonyl (C=O) groups excluding carboxylic acids is 2. The lowest BCUT2D eigenvalue weighted by Crippen LogP contribution is -2.31. The van der Waals surface area contributed by atoms with E-state index in [0.717, 1.165) is 16.9 Å². The van der Waals surface area contributed by atoms with Crippen LogP contribution in [0.3, 0.4) is 0 Å². The smallest absolute Gasteiger partial charge is 0.280 e. The van der Waals surface area contributed by atoms with Crippen LogP contribution in [0.4, 0.5) is 0 Å². The Balaban J connectivity index is 2.29. The van der Waals surface area contributed by atoms with Gasteiger partial charge in [0, 0.05) is 5.56 Å².